The van der Waals surface area contributed by atoms with E-state index in [4.69, 9.17) is 14.2 Å². The van der Waals surface area contributed by atoms with Gasteiger partial charge < -0.3 is 19.5 Å². The Hall–Kier alpha value is -2.36. The van der Waals surface area contributed by atoms with Crippen LogP contribution in [0.25, 0.3) is 0 Å². The molecule has 0 heterocycles. The normalized spacial score (nSPS) is 10.1. The summed E-state index contributed by atoms with van der Waals surface area (Å²) in [6.07, 6.45) is 0. The summed E-state index contributed by atoms with van der Waals surface area (Å²) in [5.74, 6) is 1.94. The standard InChI is InChI=1S/C17H21NO3/c1-12-6-5-7-14(8-12)18-11-13-9-15(19-2)17(21-4)16(10-13)20-3/h5-10,18H,11H2,1-4H3. The van der Waals surface area contributed by atoms with Crippen LogP contribution in [0.2, 0.25) is 0 Å². The van der Waals surface area contributed by atoms with Crippen LogP contribution in [0.15, 0.2) is 36.4 Å². The van der Waals surface area contributed by atoms with Crippen molar-refractivity contribution < 1.29 is 14.2 Å². The first-order chi connectivity index (χ1) is 10.2. The third-order valence-electron chi connectivity index (χ3n) is 3.24. The molecule has 21 heavy (non-hydrogen) atoms. The fraction of sp³-hybridized carbons (Fsp3) is 0.294. The second-order valence-corrected chi connectivity index (χ2v) is 4.76. The first-order valence-electron chi connectivity index (χ1n) is 6.77. The summed E-state index contributed by atoms with van der Waals surface area (Å²) in [4.78, 5) is 0. The van der Waals surface area contributed by atoms with Crippen molar-refractivity contribution in [1.82, 2.24) is 0 Å². The SMILES string of the molecule is COc1cc(CNc2cccc(C)c2)cc(OC)c1OC. The van der Waals surface area contributed by atoms with Gasteiger partial charge in [0, 0.05) is 12.2 Å². The zero-order valence-electron chi connectivity index (χ0n) is 12.9. The number of rotatable bonds is 6. The second kappa shape index (κ2) is 6.88. The first-order valence-corrected chi connectivity index (χ1v) is 6.77. The molecule has 0 bridgehead atoms. The van der Waals surface area contributed by atoms with Gasteiger partial charge in [0.15, 0.2) is 11.5 Å². The van der Waals surface area contributed by atoms with Crippen LogP contribution in [0.3, 0.4) is 0 Å². The maximum absolute atomic E-state index is 5.36. The second-order valence-electron chi connectivity index (χ2n) is 4.76. The summed E-state index contributed by atoms with van der Waals surface area (Å²) in [6, 6.07) is 12.2. The number of nitrogens with one attached hydrogen (secondary N) is 1. The minimum absolute atomic E-state index is 0.610. The zero-order chi connectivity index (χ0) is 15.2. The van der Waals surface area contributed by atoms with Crippen LogP contribution in [0.5, 0.6) is 17.2 Å². The van der Waals surface area contributed by atoms with Crippen LogP contribution in [0.1, 0.15) is 11.1 Å². The topological polar surface area (TPSA) is 39.7 Å². The van der Waals surface area contributed by atoms with Crippen molar-refractivity contribution in [2.24, 2.45) is 0 Å². The Morgan fingerprint density at radius 3 is 2.10 bits per heavy atom. The Kier molecular flexibility index (Phi) is 4.93. The van der Waals surface area contributed by atoms with Crippen LogP contribution < -0.4 is 19.5 Å². The van der Waals surface area contributed by atoms with Crippen LogP contribution in [0, 0.1) is 6.92 Å². The molecule has 0 spiro atoms. The molecule has 2 aromatic carbocycles. The third-order valence-corrected chi connectivity index (χ3v) is 3.24. The van der Waals surface area contributed by atoms with Crippen molar-refractivity contribution in [2.45, 2.75) is 13.5 Å². The van der Waals surface area contributed by atoms with E-state index in [9.17, 15) is 0 Å². The van der Waals surface area contributed by atoms with Crippen molar-refractivity contribution in [3.8, 4) is 17.2 Å². The van der Waals surface area contributed by atoms with Gasteiger partial charge in [-0.3, -0.25) is 0 Å². The Morgan fingerprint density at radius 1 is 0.905 bits per heavy atom. The molecule has 0 atom stereocenters. The van der Waals surface area contributed by atoms with Gasteiger partial charge >= 0.3 is 0 Å². The monoisotopic (exact) mass is 287 g/mol. The molecular weight excluding hydrogens is 266 g/mol. The quantitative estimate of drug-likeness (QED) is 0.880. The number of methoxy groups -OCH3 is 3. The molecular formula is C17H21NO3. The van der Waals surface area contributed by atoms with Gasteiger partial charge in [-0.1, -0.05) is 12.1 Å². The molecule has 4 heteroatoms. The lowest BCUT2D eigenvalue weighted by Crippen LogP contribution is -2.02. The van der Waals surface area contributed by atoms with Crippen molar-refractivity contribution in [3.63, 3.8) is 0 Å². The lowest BCUT2D eigenvalue weighted by molar-refractivity contribution is 0.324. The fourth-order valence-corrected chi connectivity index (χ4v) is 2.20. The fourth-order valence-electron chi connectivity index (χ4n) is 2.20. The van der Waals surface area contributed by atoms with Gasteiger partial charge in [-0.2, -0.15) is 0 Å². The molecule has 2 rings (SSSR count). The van der Waals surface area contributed by atoms with Gasteiger partial charge in [0.1, 0.15) is 0 Å². The van der Waals surface area contributed by atoms with E-state index in [-0.39, 0.29) is 0 Å². The summed E-state index contributed by atoms with van der Waals surface area (Å²) >= 11 is 0. The van der Waals surface area contributed by atoms with E-state index >= 15 is 0 Å². The molecule has 0 amide bonds. The van der Waals surface area contributed by atoms with Crippen molar-refractivity contribution in [3.05, 3.63) is 47.5 Å². The van der Waals surface area contributed by atoms with E-state index in [1.54, 1.807) is 21.3 Å². The summed E-state index contributed by atoms with van der Waals surface area (Å²) in [5.41, 5.74) is 3.37. The summed E-state index contributed by atoms with van der Waals surface area (Å²) in [5, 5.41) is 3.39. The van der Waals surface area contributed by atoms with Gasteiger partial charge in [-0.25, -0.2) is 0 Å². The number of anilines is 1. The van der Waals surface area contributed by atoms with Crippen molar-refractivity contribution >= 4 is 5.69 Å². The molecule has 4 nitrogen and oxygen atoms in total. The van der Waals surface area contributed by atoms with Gasteiger partial charge in [-0.05, 0) is 42.3 Å². The summed E-state index contributed by atoms with van der Waals surface area (Å²) in [6.45, 7) is 2.75. The number of benzene rings is 2. The molecule has 0 saturated heterocycles. The number of aryl methyl sites for hydroxylation is 1. The Bertz CT molecular complexity index is 586. The molecule has 0 radical (unpaired) electrons. The van der Waals surface area contributed by atoms with E-state index in [0.29, 0.717) is 23.8 Å². The predicted octanol–water partition coefficient (Wildman–Crippen LogP) is 3.63. The van der Waals surface area contributed by atoms with Gasteiger partial charge in [0.05, 0.1) is 21.3 Å². The summed E-state index contributed by atoms with van der Waals surface area (Å²) in [7, 11) is 4.84. The maximum Gasteiger partial charge on any atom is 0.203 e. The maximum atomic E-state index is 5.36. The van der Waals surface area contributed by atoms with E-state index in [1.165, 1.54) is 5.56 Å². The Balaban J connectivity index is 2.20. The highest BCUT2D eigenvalue weighted by atomic mass is 16.5. The first kappa shape index (κ1) is 15.0. The van der Waals surface area contributed by atoms with Gasteiger partial charge in [0.2, 0.25) is 5.75 Å². The van der Waals surface area contributed by atoms with Crippen LogP contribution in [0.4, 0.5) is 5.69 Å². The van der Waals surface area contributed by atoms with Crippen molar-refractivity contribution in [2.75, 3.05) is 26.6 Å². The lowest BCUT2D eigenvalue weighted by atomic mass is 10.1. The molecule has 0 aliphatic carbocycles. The lowest BCUT2D eigenvalue weighted by Gasteiger charge is -2.15. The molecule has 2 aromatic rings. The van der Waals surface area contributed by atoms with Crippen LogP contribution >= 0.6 is 0 Å². The van der Waals surface area contributed by atoms with E-state index in [0.717, 1.165) is 11.3 Å². The average Bonchev–Trinajstić information content (AvgIpc) is 2.51. The minimum Gasteiger partial charge on any atom is -0.493 e. The Morgan fingerprint density at radius 2 is 1.57 bits per heavy atom. The van der Waals surface area contributed by atoms with E-state index < -0.39 is 0 Å². The largest absolute Gasteiger partial charge is 0.493 e. The highest BCUT2D eigenvalue weighted by molar-refractivity contribution is 5.55. The molecule has 0 unspecified atom stereocenters. The Labute approximate surface area is 125 Å². The molecule has 0 fully saturated rings. The van der Waals surface area contributed by atoms with Crippen LogP contribution in [-0.4, -0.2) is 21.3 Å². The van der Waals surface area contributed by atoms with Gasteiger partial charge in [0.25, 0.3) is 0 Å². The highest BCUT2D eigenvalue weighted by Crippen LogP contribution is 2.38. The smallest absolute Gasteiger partial charge is 0.203 e. The van der Waals surface area contributed by atoms with E-state index in [1.807, 2.05) is 24.3 Å². The average molecular weight is 287 g/mol. The minimum atomic E-state index is 0.610. The summed E-state index contributed by atoms with van der Waals surface area (Å²) < 4.78 is 16.0. The van der Waals surface area contributed by atoms with Crippen LogP contribution in [-0.2, 0) is 6.54 Å². The molecule has 112 valence electrons. The molecule has 0 saturated carbocycles. The molecule has 0 aromatic heterocycles. The number of ether oxygens (including phenoxy) is 3. The molecule has 1 N–H and O–H groups in total. The molecule has 0 aliphatic heterocycles. The van der Waals surface area contributed by atoms with Crippen molar-refractivity contribution in [1.29, 1.82) is 0 Å². The number of hydrogen-bond acceptors (Lipinski definition) is 4. The third kappa shape index (κ3) is 3.60. The zero-order valence-corrected chi connectivity index (χ0v) is 12.9. The highest BCUT2D eigenvalue weighted by Gasteiger charge is 2.12. The van der Waals surface area contributed by atoms with E-state index in [2.05, 4.69) is 24.4 Å². The number of hydrogen-bond donors (Lipinski definition) is 1. The van der Waals surface area contributed by atoms with Gasteiger partial charge in [-0.15, -0.1) is 0 Å². The molecule has 0 aliphatic rings. The predicted molar refractivity (Wildman–Crippen MR) is 84.6 cm³/mol.